The van der Waals surface area contributed by atoms with E-state index in [0.29, 0.717) is 19.6 Å². The number of likely N-dealkylation sites (tertiary alicyclic amines) is 1. The number of furan rings is 1. The summed E-state index contributed by atoms with van der Waals surface area (Å²) in [5.41, 5.74) is 2.16. The van der Waals surface area contributed by atoms with Gasteiger partial charge in [-0.25, -0.2) is 0 Å². The molecule has 2 aromatic carbocycles. The minimum Gasteiger partial charge on any atom is -0.497 e. The predicted octanol–water partition coefficient (Wildman–Crippen LogP) is 4.66. The molecule has 1 atom stereocenters. The number of carbonyl (C=O) groups excluding carboxylic acids is 1. The van der Waals surface area contributed by atoms with Crippen molar-refractivity contribution in [3.05, 3.63) is 83.8 Å². The van der Waals surface area contributed by atoms with Crippen LogP contribution in [0.5, 0.6) is 11.5 Å². The molecule has 0 N–H and O–H groups in total. The largest absolute Gasteiger partial charge is 0.497 e. The van der Waals surface area contributed by atoms with Crippen LogP contribution < -0.4 is 9.47 Å². The molecule has 6 nitrogen and oxygen atoms in total. The fourth-order valence-corrected chi connectivity index (χ4v) is 4.37. The van der Waals surface area contributed by atoms with Gasteiger partial charge in [-0.2, -0.15) is 0 Å². The molecule has 0 saturated carbocycles. The highest BCUT2D eigenvalue weighted by Gasteiger charge is 2.31. The smallest absolute Gasteiger partial charge is 0.237 e. The van der Waals surface area contributed by atoms with E-state index < -0.39 is 0 Å². The van der Waals surface area contributed by atoms with Gasteiger partial charge in [0.1, 0.15) is 17.3 Å². The van der Waals surface area contributed by atoms with Gasteiger partial charge < -0.3 is 18.8 Å². The Morgan fingerprint density at radius 2 is 1.91 bits per heavy atom. The van der Waals surface area contributed by atoms with E-state index in [9.17, 15) is 4.79 Å². The zero-order chi connectivity index (χ0) is 22.3. The monoisotopic (exact) mass is 434 g/mol. The molecule has 1 fully saturated rings. The van der Waals surface area contributed by atoms with Crippen LogP contribution in [0.1, 0.15) is 35.8 Å². The maximum Gasteiger partial charge on any atom is 0.237 e. The predicted molar refractivity (Wildman–Crippen MR) is 122 cm³/mol. The van der Waals surface area contributed by atoms with E-state index in [4.69, 9.17) is 13.9 Å². The summed E-state index contributed by atoms with van der Waals surface area (Å²) in [4.78, 5) is 17.6. The molecule has 0 aliphatic carbocycles. The average molecular weight is 435 g/mol. The number of carbonyl (C=O) groups is 1. The van der Waals surface area contributed by atoms with Gasteiger partial charge in [0.05, 0.1) is 33.6 Å². The van der Waals surface area contributed by atoms with Gasteiger partial charge in [-0.3, -0.25) is 9.69 Å². The Balaban J connectivity index is 1.53. The van der Waals surface area contributed by atoms with Gasteiger partial charge >= 0.3 is 0 Å². The zero-order valence-corrected chi connectivity index (χ0v) is 18.7. The standard InChI is InChI=1S/C26H30N2O4/c1-30-21-12-13-25(31-2)23(16-21)24-11-6-14-27(24)19-26(29)28(18-22-10-7-15-32-22)17-20-8-4-3-5-9-20/h3-5,7-10,12-13,15-16,24H,6,11,14,17-19H2,1-2H3. The molecule has 1 unspecified atom stereocenters. The van der Waals surface area contributed by atoms with Gasteiger partial charge in [-0.15, -0.1) is 0 Å². The number of nitrogens with zero attached hydrogens (tertiary/aromatic N) is 2. The first-order valence-corrected chi connectivity index (χ1v) is 11.0. The third kappa shape index (κ3) is 5.14. The molecule has 2 heterocycles. The van der Waals surface area contributed by atoms with E-state index in [2.05, 4.69) is 4.90 Å². The van der Waals surface area contributed by atoms with Crippen molar-refractivity contribution in [3.8, 4) is 11.5 Å². The van der Waals surface area contributed by atoms with Crippen molar-refractivity contribution in [3.63, 3.8) is 0 Å². The third-order valence-electron chi connectivity index (χ3n) is 5.99. The lowest BCUT2D eigenvalue weighted by Crippen LogP contribution is -2.39. The van der Waals surface area contributed by atoms with Crippen molar-refractivity contribution in [1.82, 2.24) is 9.80 Å². The summed E-state index contributed by atoms with van der Waals surface area (Å²) in [6.07, 6.45) is 3.66. The van der Waals surface area contributed by atoms with Crippen LogP contribution in [-0.2, 0) is 17.9 Å². The van der Waals surface area contributed by atoms with Crippen molar-refractivity contribution in [2.45, 2.75) is 32.0 Å². The molecule has 0 bridgehead atoms. The van der Waals surface area contributed by atoms with Crippen molar-refractivity contribution in [1.29, 1.82) is 0 Å². The lowest BCUT2D eigenvalue weighted by atomic mass is 10.0. The lowest BCUT2D eigenvalue weighted by Gasteiger charge is -2.29. The molecule has 32 heavy (non-hydrogen) atoms. The molecular weight excluding hydrogens is 404 g/mol. The molecule has 1 aliphatic heterocycles. The maximum absolute atomic E-state index is 13.5. The highest BCUT2D eigenvalue weighted by molar-refractivity contribution is 5.78. The van der Waals surface area contributed by atoms with Crippen molar-refractivity contribution in [2.75, 3.05) is 27.3 Å². The molecule has 6 heteroatoms. The number of methoxy groups -OCH3 is 2. The van der Waals surface area contributed by atoms with Gasteiger partial charge in [-0.1, -0.05) is 30.3 Å². The highest BCUT2D eigenvalue weighted by Crippen LogP contribution is 2.38. The molecule has 0 spiro atoms. The van der Waals surface area contributed by atoms with Crippen LogP contribution >= 0.6 is 0 Å². The molecule has 0 radical (unpaired) electrons. The van der Waals surface area contributed by atoms with Crippen LogP contribution in [0.3, 0.4) is 0 Å². The van der Waals surface area contributed by atoms with Crippen LogP contribution in [0.15, 0.2) is 71.3 Å². The summed E-state index contributed by atoms with van der Waals surface area (Å²) in [7, 11) is 3.35. The van der Waals surface area contributed by atoms with Crippen molar-refractivity contribution < 1.29 is 18.7 Å². The first-order valence-electron chi connectivity index (χ1n) is 11.0. The fourth-order valence-electron chi connectivity index (χ4n) is 4.37. The lowest BCUT2D eigenvalue weighted by molar-refractivity contribution is -0.134. The minimum atomic E-state index is 0.0824. The average Bonchev–Trinajstić information content (AvgIpc) is 3.51. The van der Waals surface area contributed by atoms with Crippen LogP contribution in [0.2, 0.25) is 0 Å². The van der Waals surface area contributed by atoms with Crippen LogP contribution in [0.25, 0.3) is 0 Å². The molecular formula is C26H30N2O4. The summed E-state index contributed by atoms with van der Waals surface area (Å²) in [5.74, 6) is 2.48. The van der Waals surface area contributed by atoms with Gasteiger partial charge in [0.2, 0.25) is 5.91 Å². The number of rotatable bonds is 9. The minimum absolute atomic E-state index is 0.0824. The number of ether oxygens (including phenoxy) is 2. The van der Waals surface area contributed by atoms with Gasteiger partial charge in [0.25, 0.3) is 0 Å². The van der Waals surface area contributed by atoms with Crippen LogP contribution in [0, 0.1) is 0 Å². The van der Waals surface area contributed by atoms with Gasteiger partial charge in [-0.05, 0) is 55.3 Å². The Labute approximate surface area is 189 Å². The first kappa shape index (κ1) is 22.0. The molecule has 1 aromatic heterocycles. The van der Waals surface area contributed by atoms with E-state index in [0.717, 1.165) is 47.8 Å². The molecule has 4 rings (SSSR count). The number of benzene rings is 2. The second-order valence-corrected chi connectivity index (χ2v) is 8.05. The zero-order valence-electron chi connectivity index (χ0n) is 18.7. The fraction of sp³-hybridized carbons (Fsp3) is 0.346. The second-order valence-electron chi connectivity index (χ2n) is 8.05. The summed E-state index contributed by atoms with van der Waals surface area (Å²) < 4.78 is 16.6. The summed E-state index contributed by atoms with van der Waals surface area (Å²) >= 11 is 0. The summed E-state index contributed by atoms with van der Waals surface area (Å²) in [5, 5.41) is 0. The molecule has 1 aliphatic rings. The Bertz CT molecular complexity index is 1000. The molecule has 1 saturated heterocycles. The summed E-state index contributed by atoms with van der Waals surface area (Å²) in [6.45, 7) is 2.21. The number of amides is 1. The van der Waals surface area contributed by atoms with Crippen LogP contribution in [-0.4, -0.2) is 43.0 Å². The van der Waals surface area contributed by atoms with Crippen molar-refractivity contribution >= 4 is 5.91 Å². The normalized spacial score (nSPS) is 16.1. The SMILES string of the molecule is COc1ccc(OC)c(C2CCCN2CC(=O)N(Cc2ccccc2)Cc2ccco2)c1. The number of hydrogen-bond acceptors (Lipinski definition) is 5. The second kappa shape index (κ2) is 10.4. The van der Waals surface area contributed by atoms with E-state index in [1.165, 1.54) is 0 Å². The van der Waals surface area contributed by atoms with Gasteiger partial charge in [0.15, 0.2) is 0 Å². The molecule has 1 amide bonds. The third-order valence-corrected chi connectivity index (χ3v) is 5.99. The van der Waals surface area contributed by atoms with Crippen LogP contribution in [0.4, 0.5) is 0 Å². The summed E-state index contributed by atoms with van der Waals surface area (Å²) in [6, 6.07) is 19.8. The van der Waals surface area contributed by atoms with Crippen molar-refractivity contribution in [2.24, 2.45) is 0 Å². The quantitative estimate of drug-likeness (QED) is 0.490. The first-order chi connectivity index (χ1) is 15.7. The Hall–Kier alpha value is -3.25. The van der Waals surface area contributed by atoms with E-state index in [1.807, 2.05) is 65.6 Å². The van der Waals surface area contributed by atoms with Gasteiger partial charge in [0, 0.05) is 18.2 Å². The van der Waals surface area contributed by atoms with E-state index in [-0.39, 0.29) is 11.9 Å². The number of hydrogen-bond donors (Lipinski definition) is 0. The Morgan fingerprint density at radius 1 is 1.06 bits per heavy atom. The molecule has 3 aromatic rings. The van der Waals surface area contributed by atoms with E-state index >= 15 is 0 Å². The Morgan fingerprint density at radius 3 is 2.62 bits per heavy atom. The van der Waals surface area contributed by atoms with E-state index in [1.54, 1.807) is 20.5 Å². The Kier molecular flexibility index (Phi) is 7.12. The topological polar surface area (TPSA) is 55.2 Å². The highest BCUT2D eigenvalue weighted by atomic mass is 16.5. The maximum atomic E-state index is 13.5. The molecule has 168 valence electrons.